The maximum atomic E-state index is 2.32. The highest BCUT2D eigenvalue weighted by Gasteiger charge is 2.29. The SMILES string of the molecule is CC1C=C(c2ccccc2)[NH+](C)N1C.[I-]. The van der Waals surface area contributed by atoms with Crippen LogP contribution in [0.5, 0.6) is 0 Å². The first kappa shape index (κ1) is 12.7. The normalized spacial score (nSPS) is 25.9. The van der Waals surface area contributed by atoms with Crippen LogP contribution in [0, 0.1) is 0 Å². The van der Waals surface area contributed by atoms with Crippen molar-refractivity contribution in [2.75, 3.05) is 14.1 Å². The first-order valence-electron chi connectivity index (χ1n) is 5.04. The molecule has 0 fully saturated rings. The van der Waals surface area contributed by atoms with Crippen molar-refractivity contribution in [3.63, 3.8) is 0 Å². The smallest absolute Gasteiger partial charge is 0.155 e. The summed E-state index contributed by atoms with van der Waals surface area (Å²) in [6, 6.07) is 11.1. The predicted octanol–water partition coefficient (Wildman–Crippen LogP) is -2.20. The zero-order chi connectivity index (χ0) is 10.1. The first-order valence-corrected chi connectivity index (χ1v) is 5.04. The fraction of sp³-hybridized carbons (Fsp3) is 0.333. The summed E-state index contributed by atoms with van der Waals surface area (Å²) >= 11 is 0. The van der Waals surface area contributed by atoms with Crippen molar-refractivity contribution >= 4 is 5.70 Å². The lowest BCUT2D eigenvalue weighted by atomic mass is 10.1. The van der Waals surface area contributed by atoms with Crippen LogP contribution in [0.15, 0.2) is 36.4 Å². The average Bonchev–Trinajstić information content (AvgIpc) is 2.47. The lowest BCUT2D eigenvalue weighted by Crippen LogP contribution is -3.11. The molecule has 0 saturated carbocycles. The Morgan fingerprint density at radius 2 is 1.80 bits per heavy atom. The van der Waals surface area contributed by atoms with E-state index in [1.54, 1.807) is 0 Å². The van der Waals surface area contributed by atoms with E-state index in [2.05, 4.69) is 62.4 Å². The molecule has 0 bridgehead atoms. The number of nitrogens with zero attached hydrogens (tertiary/aromatic N) is 1. The Bertz CT molecular complexity index is 348. The van der Waals surface area contributed by atoms with Crippen LogP contribution >= 0.6 is 0 Å². The summed E-state index contributed by atoms with van der Waals surface area (Å²) in [5.74, 6) is 0. The number of hydrogen-bond acceptors (Lipinski definition) is 1. The van der Waals surface area contributed by atoms with E-state index in [9.17, 15) is 0 Å². The fourth-order valence-corrected chi connectivity index (χ4v) is 1.89. The van der Waals surface area contributed by atoms with E-state index in [4.69, 9.17) is 0 Å². The lowest BCUT2D eigenvalue weighted by Gasteiger charge is -2.20. The molecule has 2 nitrogen and oxygen atoms in total. The van der Waals surface area contributed by atoms with Gasteiger partial charge in [0, 0.05) is 18.7 Å². The Morgan fingerprint density at radius 1 is 1.20 bits per heavy atom. The number of benzene rings is 1. The molecule has 1 N–H and O–H groups in total. The number of quaternary nitrogens is 1. The largest absolute Gasteiger partial charge is 1.00 e. The predicted molar refractivity (Wildman–Crippen MR) is 58.5 cm³/mol. The summed E-state index contributed by atoms with van der Waals surface area (Å²) in [6.45, 7) is 2.22. The van der Waals surface area contributed by atoms with Crippen LogP contribution in [0.1, 0.15) is 12.5 Å². The van der Waals surface area contributed by atoms with Crippen molar-refractivity contribution in [1.82, 2.24) is 5.01 Å². The summed E-state index contributed by atoms with van der Waals surface area (Å²) in [5.41, 5.74) is 2.70. The van der Waals surface area contributed by atoms with Gasteiger partial charge in [-0.2, -0.15) is 0 Å². The Morgan fingerprint density at radius 3 is 2.27 bits per heavy atom. The highest BCUT2D eigenvalue weighted by Crippen LogP contribution is 2.13. The van der Waals surface area contributed by atoms with E-state index >= 15 is 0 Å². The van der Waals surface area contributed by atoms with Crippen molar-refractivity contribution < 1.29 is 29.0 Å². The third-order valence-electron chi connectivity index (χ3n) is 3.02. The van der Waals surface area contributed by atoms with E-state index in [1.165, 1.54) is 16.3 Å². The van der Waals surface area contributed by atoms with Gasteiger partial charge in [0.1, 0.15) is 0 Å². The molecule has 2 unspecified atom stereocenters. The van der Waals surface area contributed by atoms with Crippen LogP contribution in [0.4, 0.5) is 0 Å². The maximum Gasteiger partial charge on any atom is 0.155 e. The molecular weight excluding hydrogens is 299 g/mol. The Balaban J connectivity index is 0.00000112. The summed E-state index contributed by atoms with van der Waals surface area (Å²) in [5, 5.41) is 3.67. The van der Waals surface area contributed by atoms with Gasteiger partial charge in [0.15, 0.2) is 5.70 Å². The van der Waals surface area contributed by atoms with Gasteiger partial charge in [0.2, 0.25) is 0 Å². The number of nitrogens with one attached hydrogen (secondary N) is 1. The van der Waals surface area contributed by atoms with Crippen molar-refractivity contribution in [2.24, 2.45) is 0 Å². The van der Waals surface area contributed by atoms with Crippen LogP contribution < -0.4 is 29.0 Å². The number of hydrogen-bond donors (Lipinski definition) is 1. The topological polar surface area (TPSA) is 7.68 Å². The first-order chi connectivity index (χ1) is 6.70. The quantitative estimate of drug-likeness (QED) is 0.578. The third-order valence-corrected chi connectivity index (χ3v) is 3.02. The molecule has 0 radical (unpaired) electrons. The second-order valence-corrected chi connectivity index (χ2v) is 3.88. The van der Waals surface area contributed by atoms with Crippen LogP contribution in [0.3, 0.4) is 0 Å². The highest BCUT2D eigenvalue weighted by molar-refractivity contribution is 5.59. The molecule has 0 aliphatic carbocycles. The Hall–Kier alpha value is -0.390. The molecule has 1 aromatic rings. The number of halogens is 1. The molecule has 15 heavy (non-hydrogen) atoms. The van der Waals surface area contributed by atoms with Crippen molar-refractivity contribution in [1.29, 1.82) is 0 Å². The monoisotopic (exact) mass is 316 g/mol. The maximum absolute atomic E-state index is 2.32. The van der Waals surface area contributed by atoms with Gasteiger partial charge in [-0.25, -0.2) is 5.01 Å². The molecule has 2 rings (SSSR count). The minimum atomic E-state index is 0. The van der Waals surface area contributed by atoms with Crippen molar-refractivity contribution in [3.05, 3.63) is 42.0 Å². The van der Waals surface area contributed by atoms with Gasteiger partial charge in [0.05, 0.1) is 13.1 Å². The standard InChI is InChI=1S/C12H16N2.HI/c1-10-9-12(14(3)13(10)2)11-7-5-4-6-8-11;/h4-10H,1-3H3;1H. The minimum Gasteiger partial charge on any atom is -1.00 e. The van der Waals surface area contributed by atoms with Crippen LogP contribution in [-0.2, 0) is 0 Å². The van der Waals surface area contributed by atoms with Crippen molar-refractivity contribution in [3.8, 4) is 0 Å². The van der Waals surface area contributed by atoms with Gasteiger partial charge in [-0.1, -0.05) is 18.2 Å². The zero-order valence-electron chi connectivity index (χ0n) is 9.37. The Labute approximate surface area is 109 Å². The van der Waals surface area contributed by atoms with Gasteiger partial charge < -0.3 is 24.0 Å². The number of rotatable bonds is 1. The van der Waals surface area contributed by atoms with E-state index in [-0.39, 0.29) is 24.0 Å². The fourth-order valence-electron chi connectivity index (χ4n) is 1.89. The molecule has 1 aliphatic heterocycles. The second kappa shape index (κ2) is 5.09. The highest BCUT2D eigenvalue weighted by atomic mass is 127. The zero-order valence-corrected chi connectivity index (χ0v) is 11.5. The molecule has 0 spiro atoms. The third kappa shape index (κ3) is 2.41. The molecule has 0 saturated heterocycles. The van der Waals surface area contributed by atoms with Crippen LogP contribution in [0.25, 0.3) is 5.70 Å². The lowest BCUT2D eigenvalue weighted by molar-refractivity contribution is -0.927. The van der Waals surface area contributed by atoms with Gasteiger partial charge in [-0.05, 0) is 19.1 Å². The van der Waals surface area contributed by atoms with Gasteiger partial charge in [-0.15, -0.1) is 5.01 Å². The number of likely N-dealkylation sites (N-methyl/N-ethyl adjacent to an activating group) is 1. The van der Waals surface area contributed by atoms with E-state index in [0.717, 1.165) is 0 Å². The van der Waals surface area contributed by atoms with Crippen LogP contribution in [-0.4, -0.2) is 25.1 Å². The van der Waals surface area contributed by atoms with E-state index in [1.807, 2.05) is 0 Å². The molecule has 1 aliphatic rings. The molecule has 2 atom stereocenters. The van der Waals surface area contributed by atoms with Crippen LogP contribution in [0.2, 0.25) is 0 Å². The molecule has 0 aromatic heterocycles. The molecule has 3 heteroatoms. The summed E-state index contributed by atoms with van der Waals surface area (Å²) in [7, 11) is 4.33. The van der Waals surface area contributed by atoms with E-state index in [0.29, 0.717) is 6.04 Å². The van der Waals surface area contributed by atoms with Crippen molar-refractivity contribution in [2.45, 2.75) is 13.0 Å². The molecule has 1 heterocycles. The minimum absolute atomic E-state index is 0. The summed E-state index contributed by atoms with van der Waals surface area (Å²) < 4.78 is 0. The molecule has 1 aromatic carbocycles. The molecular formula is C12H17IN2. The average molecular weight is 316 g/mol. The second-order valence-electron chi connectivity index (χ2n) is 3.88. The summed E-state index contributed by atoms with van der Waals surface area (Å²) in [6.07, 6.45) is 2.32. The Kier molecular flexibility index (Phi) is 4.31. The van der Waals surface area contributed by atoms with E-state index < -0.39 is 0 Å². The molecule has 0 amide bonds. The summed E-state index contributed by atoms with van der Waals surface area (Å²) in [4.78, 5) is 0. The van der Waals surface area contributed by atoms with Gasteiger partial charge >= 0.3 is 0 Å². The van der Waals surface area contributed by atoms with Gasteiger partial charge in [-0.3, -0.25) is 0 Å². The molecule has 82 valence electrons. The van der Waals surface area contributed by atoms with Gasteiger partial charge in [0.25, 0.3) is 0 Å².